The number of hydrogen-bond acceptors (Lipinski definition) is 10. The molecule has 0 radical (unpaired) electrons. The van der Waals surface area contributed by atoms with Gasteiger partial charge in [0.15, 0.2) is 5.84 Å². The molecule has 14 heteroatoms. The molecule has 164 valence electrons. The van der Waals surface area contributed by atoms with Gasteiger partial charge in [-0.3, -0.25) is 4.72 Å². The highest BCUT2D eigenvalue weighted by atomic mass is 32.2. The van der Waals surface area contributed by atoms with E-state index in [4.69, 9.17) is 22.4 Å². The van der Waals surface area contributed by atoms with E-state index in [1.807, 2.05) is 22.6 Å². The zero-order valence-corrected chi connectivity index (χ0v) is 18.1. The second-order valence-electron chi connectivity index (χ2n) is 6.81. The number of aromatic nitrogens is 2. The van der Waals surface area contributed by atoms with E-state index in [1.54, 1.807) is 18.3 Å². The predicted octanol–water partition coefficient (Wildman–Crippen LogP) is -0.900. The fraction of sp³-hybridized carbons (Fsp3) is 0.375. The highest BCUT2D eigenvalue weighted by Crippen LogP contribution is 2.37. The molecule has 0 fully saturated rings. The van der Waals surface area contributed by atoms with E-state index in [9.17, 15) is 8.42 Å². The first-order valence-electron chi connectivity index (χ1n) is 9.17. The van der Waals surface area contributed by atoms with Crippen LogP contribution in [-0.4, -0.2) is 42.9 Å². The molecule has 0 spiro atoms. The number of hydrogen-bond donors (Lipinski definition) is 6. The standard InChI is InChI=1S/C16H26N10O2S2/c1-10(17)9-22-29-12-4-3-11(26-7-2-6-25-8-5-21-16(25)26)13(15(18)23-24-19)14(12)30(20,27)28/h3-5,8,10,22,24H,2,6-7,9,17,19H2,1H3,(H2,18,23)(H2,20,27,28). The number of hydrazone groups is 1. The molecule has 0 saturated heterocycles. The molecule has 1 unspecified atom stereocenters. The number of nitrogens with two attached hydrogens (primary N) is 4. The molecule has 1 aliphatic heterocycles. The number of benzene rings is 1. The van der Waals surface area contributed by atoms with Crippen LogP contribution in [0, 0.1) is 0 Å². The molecule has 0 aliphatic carbocycles. The Morgan fingerprint density at radius 1 is 1.40 bits per heavy atom. The highest BCUT2D eigenvalue weighted by molar-refractivity contribution is 7.98. The molecule has 1 aromatic heterocycles. The van der Waals surface area contributed by atoms with Crippen LogP contribution in [0.1, 0.15) is 18.9 Å². The third kappa shape index (κ3) is 4.69. The molecule has 1 atom stereocenters. The lowest BCUT2D eigenvalue weighted by Gasteiger charge is -2.31. The van der Waals surface area contributed by atoms with E-state index in [0.717, 1.165) is 24.9 Å². The maximum Gasteiger partial charge on any atom is 0.240 e. The zero-order valence-electron chi connectivity index (χ0n) is 16.4. The fourth-order valence-corrected chi connectivity index (χ4v) is 5.36. The average molecular weight is 455 g/mol. The molecule has 0 saturated carbocycles. The largest absolute Gasteiger partial charge is 0.382 e. The number of fused-ring (bicyclic) bond motifs is 1. The summed E-state index contributed by atoms with van der Waals surface area (Å²) in [7, 11) is -4.18. The summed E-state index contributed by atoms with van der Waals surface area (Å²) in [6, 6.07) is 3.32. The van der Waals surface area contributed by atoms with Crippen LogP contribution < -0.4 is 37.6 Å². The van der Waals surface area contributed by atoms with Gasteiger partial charge in [0.2, 0.25) is 16.0 Å². The van der Waals surface area contributed by atoms with E-state index < -0.39 is 10.0 Å². The molecule has 2 heterocycles. The van der Waals surface area contributed by atoms with Gasteiger partial charge in [0, 0.05) is 43.0 Å². The number of nitrogens with zero attached hydrogens (tertiary/aromatic N) is 4. The number of primary sulfonamides is 1. The highest BCUT2D eigenvalue weighted by Gasteiger charge is 2.30. The number of nitrogens with one attached hydrogen (secondary N) is 2. The van der Waals surface area contributed by atoms with Crippen LogP contribution in [0.2, 0.25) is 0 Å². The Hall–Kier alpha value is -2.36. The monoisotopic (exact) mass is 454 g/mol. The Labute approximate surface area is 179 Å². The van der Waals surface area contributed by atoms with Crippen molar-refractivity contribution in [1.29, 1.82) is 0 Å². The van der Waals surface area contributed by atoms with Crippen molar-refractivity contribution in [2.24, 2.45) is 27.6 Å². The zero-order chi connectivity index (χ0) is 21.9. The maximum atomic E-state index is 12.6. The summed E-state index contributed by atoms with van der Waals surface area (Å²) in [6.07, 6.45) is 4.39. The summed E-state index contributed by atoms with van der Waals surface area (Å²) in [4.78, 5) is 6.50. The third-order valence-corrected chi connectivity index (χ3v) is 6.41. The van der Waals surface area contributed by atoms with Gasteiger partial charge >= 0.3 is 0 Å². The van der Waals surface area contributed by atoms with Crippen molar-refractivity contribution in [2.45, 2.75) is 35.7 Å². The maximum absolute atomic E-state index is 12.6. The second kappa shape index (κ2) is 9.20. The van der Waals surface area contributed by atoms with E-state index >= 15 is 0 Å². The summed E-state index contributed by atoms with van der Waals surface area (Å²) in [5.41, 5.74) is 14.7. The van der Waals surface area contributed by atoms with Crippen LogP contribution >= 0.6 is 11.9 Å². The fourth-order valence-electron chi connectivity index (χ4n) is 3.21. The number of hydrazine groups is 1. The molecule has 1 aliphatic rings. The molecule has 10 N–H and O–H groups in total. The van der Waals surface area contributed by atoms with Crippen molar-refractivity contribution in [1.82, 2.24) is 19.8 Å². The van der Waals surface area contributed by atoms with Gasteiger partial charge in [0.05, 0.1) is 11.3 Å². The van der Waals surface area contributed by atoms with Crippen molar-refractivity contribution < 1.29 is 8.42 Å². The van der Waals surface area contributed by atoms with Gasteiger partial charge in [-0.1, -0.05) is 0 Å². The van der Waals surface area contributed by atoms with E-state index in [0.29, 0.717) is 29.6 Å². The predicted molar refractivity (Wildman–Crippen MR) is 117 cm³/mol. The molecule has 30 heavy (non-hydrogen) atoms. The molecular formula is C16H26N10O2S2. The van der Waals surface area contributed by atoms with Crippen molar-refractivity contribution in [2.75, 3.05) is 18.0 Å². The SMILES string of the molecule is CC(N)CNSc1ccc(N2CCCn3ccnc32)c(/C(N)=N/NN)c1S(N)(=O)=O. The topological polar surface area (TPSA) is 196 Å². The molecule has 3 rings (SSSR count). The number of amidine groups is 1. The lowest BCUT2D eigenvalue weighted by molar-refractivity contribution is 0.588. The van der Waals surface area contributed by atoms with Gasteiger partial charge < -0.3 is 20.9 Å². The van der Waals surface area contributed by atoms with E-state index in [-0.39, 0.29) is 22.3 Å². The molecule has 12 nitrogen and oxygen atoms in total. The molecule has 1 aromatic carbocycles. The average Bonchev–Trinajstić information content (AvgIpc) is 3.15. The lowest BCUT2D eigenvalue weighted by Crippen LogP contribution is -2.33. The first-order valence-corrected chi connectivity index (χ1v) is 11.5. The summed E-state index contributed by atoms with van der Waals surface area (Å²) in [6.45, 7) is 3.72. The third-order valence-electron chi connectivity index (χ3n) is 4.42. The summed E-state index contributed by atoms with van der Waals surface area (Å²) >= 11 is 1.10. The second-order valence-corrected chi connectivity index (χ2v) is 9.24. The Morgan fingerprint density at radius 3 is 2.83 bits per heavy atom. The van der Waals surface area contributed by atoms with Crippen molar-refractivity contribution in [3.05, 3.63) is 30.1 Å². The quantitative estimate of drug-likeness (QED) is 0.0956. The molecule has 0 amide bonds. The van der Waals surface area contributed by atoms with Crippen LogP contribution in [0.4, 0.5) is 11.6 Å². The number of rotatable bonds is 8. The van der Waals surface area contributed by atoms with Crippen LogP contribution in [-0.2, 0) is 16.6 Å². The Bertz CT molecular complexity index is 1030. The van der Waals surface area contributed by atoms with Gasteiger partial charge in [0.25, 0.3) is 0 Å². The molecule has 0 bridgehead atoms. The summed E-state index contributed by atoms with van der Waals surface area (Å²) < 4.78 is 30.3. The van der Waals surface area contributed by atoms with E-state index in [2.05, 4.69) is 20.3 Å². The van der Waals surface area contributed by atoms with Gasteiger partial charge in [-0.05, 0) is 37.4 Å². The Balaban J connectivity index is 2.20. The van der Waals surface area contributed by atoms with Crippen LogP contribution in [0.5, 0.6) is 0 Å². The normalized spacial score (nSPS) is 15.7. The smallest absolute Gasteiger partial charge is 0.240 e. The number of aryl methyl sites for hydroxylation is 1. The van der Waals surface area contributed by atoms with Gasteiger partial charge in [-0.25, -0.2) is 29.9 Å². The Morgan fingerprint density at radius 2 is 2.17 bits per heavy atom. The van der Waals surface area contributed by atoms with Crippen molar-refractivity contribution >= 4 is 39.4 Å². The van der Waals surface area contributed by atoms with Crippen LogP contribution in [0.15, 0.2) is 39.4 Å². The van der Waals surface area contributed by atoms with Gasteiger partial charge in [-0.15, -0.1) is 5.10 Å². The first-order chi connectivity index (χ1) is 14.2. The van der Waals surface area contributed by atoms with Crippen LogP contribution in [0.25, 0.3) is 0 Å². The van der Waals surface area contributed by atoms with Gasteiger partial charge in [0.1, 0.15) is 4.90 Å². The number of anilines is 2. The number of imidazole rings is 1. The number of sulfonamides is 1. The summed E-state index contributed by atoms with van der Waals surface area (Å²) in [5.74, 6) is 5.86. The minimum absolute atomic E-state index is 0.116. The van der Waals surface area contributed by atoms with Crippen molar-refractivity contribution in [3.8, 4) is 0 Å². The van der Waals surface area contributed by atoms with E-state index in [1.165, 1.54) is 0 Å². The first kappa shape index (κ1) is 22.3. The molecule has 2 aromatic rings. The minimum atomic E-state index is -4.18. The summed E-state index contributed by atoms with van der Waals surface area (Å²) in [5, 5.41) is 9.42. The molecular weight excluding hydrogens is 428 g/mol. The van der Waals surface area contributed by atoms with Crippen molar-refractivity contribution in [3.63, 3.8) is 0 Å². The minimum Gasteiger partial charge on any atom is -0.382 e. The lowest BCUT2D eigenvalue weighted by atomic mass is 10.1. The Kier molecular flexibility index (Phi) is 6.84. The van der Waals surface area contributed by atoms with Crippen LogP contribution in [0.3, 0.4) is 0 Å². The van der Waals surface area contributed by atoms with Gasteiger partial charge in [-0.2, -0.15) is 0 Å².